The fraction of sp³-hybridized carbons (Fsp3) is 0.0714. The summed E-state index contributed by atoms with van der Waals surface area (Å²) in [6.07, 6.45) is 0. The van der Waals surface area contributed by atoms with Crippen LogP contribution in [-0.2, 0) is 16.6 Å². The van der Waals surface area contributed by atoms with Crippen LogP contribution in [-0.4, -0.2) is 13.4 Å². The van der Waals surface area contributed by atoms with Crippen molar-refractivity contribution < 1.29 is 8.42 Å². The molecule has 0 aliphatic heterocycles. The molecule has 0 saturated heterocycles. The molecule has 0 aliphatic rings. The Morgan fingerprint density at radius 3 is 2.64 bits per heavy atom. The summed E-state index contributed by atoms with van der Waals surface area (Å²) < 4.78 is 29.7. The molecule has 3 rings (SSSR count). The first-order valence-electron chi connectivity index (χ1n) is 6.25. The van der Waals surface area contributed by atoms with E-state index in [0.29, 0.717) is 4.47 Å². The molecule has 114 valence electrons. The summed E-state index contributed by atoms with van der Waals surface area (Å²) in [7, 11) is -3.59. The molecule has 0 bridgehead atoms. The standard InChI is InChI=1S/C14H10Br2N2O2S2/c15-9-5-6-13(10(16)7-9)22(19,20)17-8-14-18-11-3-1-2-4-12(11)21-14/h1-7,17H,8H2. The zero-order valence-electron chi connectivity index (χ0n) is 11.1. The molecule has 0 spiro atoms. The minimum atomic E-state index is -3.59. The summed E-state index contributed by atoms with van der Waals surface area (Å²) in [5, 5.41) is 0.734. The number of nitrogens with zero attached hydrogens (tertiary/aromatic N) is 1. The number of para-hydroxylation sites is 1. The number of benzene rings is 2. The molecule has 1 heterocycles. The number of hydrogen-bond donors (Lipinski definition) is 1. The van der Waals surface area contributed by atoms with Crippen molar-refractivity contribution in [3.8, 4) is 0 Å². The van der Waals surface area contributed by atoms with Crippen molar-refractivity contribution >= 4 is 63.4 Å². The molecule has 0 saturated carbocycles. The second-order valence-corrected chi connectivity index (χ2v) is 9.10. The molecule has 0 aliphatic carbocycles. The van der Waals surface area contributed by atoms with E-state index < -0.39 is 10.0 Å². The summed E-state index contributed by atoms with van der Waals surface area (Å²) in [5.74, 6) is 0. The smallest absolute Gasteiger partial charge is 0.240 e. The van der Waals surface area contributed by atoms with E-state index in [4.69, 9.17) is 0 Å². The largest absolute Gasteiger partial charge is 0.242 e. The Kier molecular flexibility index (Phi) is 4.65. The molecule has 4 nitrogen and oxygen atoms in total. The van der Waals surface area contributed by atoms with Crippen LogP contribution in [0.15, 0.2) is 56.3 Å². The predicted octanol–water partition coefficient (Wildman–Crippen LogP) is 4.30. The number of nitrogens with one attached hydrogen (secondary N) is 1. The molecule has 8 heteroatoms. The van der Waals surface area contributed by atoms with Crippen LogP contribution in [0, 0.1) is 0 Å². The maximum atomic E-state index is 12.4. The van der Waals surface area contributed by atoms with Crippen molar-refractivity contribution in [2.45, 2.75) is 11.4 Å². The summed E-state index contributed by atoms with van der Waals surface area (Å²) in [5.41, 5.74) is 0.881. The predicted molar refractivity (Wildman–Crippen MR) is 95.5 cm³/mol. The van der Waals surface area contributed by atoms with Crippen LogP contribution < -0.4 is 4.72 Å². The Labute approximate surface area is 148 Å². The summed E-state index contributed by atoms with van der Waals surface area (Å²) >= 11 is 8.06. The zero-order valence-corrected chi connectivity index (χ0v) is 15.9. The van der Waals surface area contributed by atoms with E-state index >= 15 is 0 Å². The van der Waals surface area contributed by atoms with Crippen LogP contribution in [0.4, 0.5) is 0 Å². The van der Waals surface area contributed by atoms with Crippen LogP contribution in [0.25, 0.3) is 10.2 Å². The third-order valence-electron chi connectivity index (χ3n) is 2.94. The van der Waals surface area contributed by atoms with E-state index in [-0.39, 0.29) is 11.4 Å². The third kappa shape index (κ3) is 3.41. The van der Waals surface area contributed by atoms with Gasteiger partial charge in [0.15, 0.2) is 0 Å². The molecule has 22 heavy (non-hydrogen) atoms. The minimum absolute atomic E-state index is 0.171. The Morgan fingerprint density at radius 2 is 1.91 bits per heavy atom. The van der Waals surface area contributed by atoms with Crippen molar-refractivity contribution in [3.05, 3.63) is 56.4 Å². The van der Waals surface area contributed by atoms with Gasteiger partial charge in [-0.2, -0.15) is 0 Å². The van der Waals surface area contributed by atoms with Crippen LogP contribution in [0.5, 0.6) is 0 Å². The molecule has 0 amide bonds. The molecule has 1 aromatic heterocycles. The van der Waals surface area contributed by atoms with Gasteiger partial charge < -0.3 is 0 Å². The highest BCUT2D eigenvalue weighted by atomic mass is 79.9. The summed E-state index contributed by atoms with van der Waals surface area (Å²) in [4.78, 5) is 4.62. The Hall–Kier alpha value is -0.800. The van der Waals surface area contributed by atoms with Gasteiger partial charge in [-0.3, -0.25) is 0 Å². The second kappa shape index (κ2) is 6.37. The van der Waals surface area contributed by atoms with Gasteiger partial charge in [0.1, 0.15) is 5.01 Å². The maximum absolute atomic E-state index is 12.4. The SMILES string of the molecule is O=S(=O)(NCc1nc2ccccc2s1)c1ccc(Br)cc1Br. The van der Waals surface area contributed by atoms with E-state index in [1.54, 1.807) is 18.2 Å². The minimum Gasteiger partial charge on any atom is -0.240 e. The van der Waals surface area contributed by atoms with Gasteiger partial charge in [-0.25, -0.2) is 18.1 Å². The fourth-order valence-corrected chi connectivity index (χ4v) is 5.65. The van der Waals surface area contributed by atoms with E-state index in [0.717, 1.165) is 19.7 Å². The first-order chi connectivity index (χ1) is 10.5. The Morgan fingerprint density at radius 1 is 1.14 bits per heavy atom. The first kappa shape index (κ1) is 16.1. The maximum Gasteiger partial charge on any atom is 0.242 e. The van der Waals surface area contributed by atoms with E-state index in [1.165, 1.54) is 11.3 Å². The fourth-order valence-electron chi connectivity index (χ4n) is 1.92. The highest BCUT2D eigenvalue weighted by Crippen LogP contribution is 2.26. The number of thiazole rings is 1. The van der Waals surface area contributed by atoms with E-state index in [9.17, 15) is 8.42 Å². The quantitative estimate of drug-likeness (QED) is 0.630. The molecular weight excluding hydrogens is 452 g/mol. The zero-order chi connectivity index (χ0) is 15.7. The molecule has 0 radical (unpaired) electrons. The Balaban J connectivity index is 1.82. The van der Waals surface area contributed by atoms with Gasteiger partial charge in [0.2, 0.25) is 10.0 Å². The number of fused-ring (bicyclic) bond motifs is 1. The molecule has 0 atom stereocenters. The van der Waals surface area contributed by atoms with Gasteiger partial charge >= 0.3 is 0 Å². The van der Waals surface area contributed by atoms with Crippen molar-refractivity contribution in [1.29, 1.82) is 0 Å². The van der Waals surface area contributed by atoms with Crippen molar-refractivity contribution in [1.82, 2.24) is 9.71 Å². The normalized spacial score (nSPS) is 11.9. The van der Waals surface area contributed by atoms with Crippen LogP contribution in [0.3, 0.4) is 0 Å². The lowest BCUT2D eigenvalue weighted by molar-refractivity contribution is 0.580. The van der Waals surface area contributed by atoms with E-state index in [1.807, 2.05) is 24.3 Å². The monoisotopic (exact) mass is 460 g/mol. The molecule has 0 fully saturated rings. The van der Waals surface area contributed by atoms with Crippen molar-refractivity contribution in [2.24, 2.45) is 0 Å². The number of aromatic nitrogens is 1. The lowest BCUT2D eigenvalue weighted by atomic mass is 10.3. The molecular formula is C14H10Br2N2O2S2. The van der Waals surface area contributed by atoms with Gasteiger partial charge in [-0.15, -0.1) is 11.3 Å². The molecule has 3 aromatic rings. The third-order valence-corrected chi connectivity index (χ3v) is 6.84. The number of halogens is 2. The van der Waals surface area contributed by atoms with Gasteiger partial charge in [-0.1, -0.05) is 28.1 Å². The van der Waals surface area contributed by atoms with Gasteiger partial charge in [0.05, 0.1) is 21.7 Å². The number of rotatable bonds is 4. The lowest BCUT2D eigenvalue weighted by Gasteiger charge is -2.07. The molecule has 2 aromatic carbocycles. The highest BCUT2D eigenvalue weighted by Gasteiger charge is 2.18. The van der Waals surface area contributed by atoms with Crippen LogP contribution in [0.1, 0.15) is 5.01 Å². The average molecular weight is 462 g/mol. The summed E-state index contributed by atoms with van der Waals surface area (Å²) in [6, 6.07) is 12.7. The topological polar surface area (TPSA) is 59.1 Å². The number of hydrogen-bond acceptors (Lipinski definition) is 4. The van der Waals surface area contributed by atoms with Gasteiger partial charge in [-0.05, 0) is 46.3 Å². The summed E-state index contributed by atoms with van der Waals surface area (Å²) in [6.45, 7) is 0.171. The van der Waals surface area contributed by atoms with Crippen LogP contribution >= 0.6 is 43.2 Å². The van der Waals surface area contributed by atoms with Gasteiger partial charge in [0, 0.05) is 8.95 Å². The lowest BCUT2D eigenvalue weighted by Crippen LogP contribution is -2.23. The van der Waals surface area contributed by atoms with Gasteiger partial charge in [0.25, 0.3) is 0 Å². The van der Waals surface area contributed by atoms with Crippen LogP contribution in [0.2, 0.25) is 0 Å². The van der Waals surface area contributed by atoms with Crippen molar-refractivity contribution in [2.75, 3.05) is 0 Å². The average Bonchev–Trinajstić information content (AvgIpc) is 2.87. The van der Waals surface area contributed by atoms with E-state index in [2.05, 4.69) is 41.6 Å². The molecule has 0 unspecified atom stereocenters. The highest BCUT2D eigenvalue weighted by molar-refractivity contribution is 9.11. The Bertz CT molecular complexity index is 906. The first-order valence-corrected chi connectivity index (χ1v) is 10.1. The second-order valence-electron chi connectivity index (χ2n) is 4.47. The van der Waals surface area contributed by atoms with Crippen molar-refractivity contribution in [3.63, 3.8) is 0 Å². The number of sulfonamides is 1. The molecule has 1 N–H and O–H groups in total.